The summed E-state index contributed by atoms with van der Waals surface area (Å²) in [6.07, 6.45) is 0. The number of ether oxygens (including phenoxy) is 3. The van der Waals surface area contributed by atoms with E-state index in [1.54, 1.807) is 42.5 Å². The maximum Gasteiger partial charge on any atom is 0.355 e. The first-order valence-corrected chi connectivity index (χ1v) is 11.8. The highest BCUT2D eigenvalue weighted by Crippen LogP contribution is 2.44. The Balaban J connectivity index is 1.86. The van der Waals surface area contributed by atoms with Crippen molar-refractivity contribution in [1.82, 2.24) is 0 Å². The zero-order chi connectivity index (χ0) is 27.2. The van der Waals surface area contributed by atoms with Gasteiger partial charge in [0.25, 0.3) is 0 Å². The number of nitrogens with zero attached hydrogens (tertiary/aromatic N) is 2. The first-order chi connectivity index (χ1) is 18.4. The van der Waals surface area contributed by atoms with Crippen LogP contribution in [0.1, 0.15) is 22.6 Å². The number of aryl methyl sites for hydroxylation is 1. The Morgan fingerprint density at radius 2 is 1.58 bits per heavy atom. The number of anilines is 1. The van der Waals surface area contributed by atoms with Gasteiger partial charge < -0.3 is 19.9 Å². The summed E-state index contributed by atoms with van der Waals surface area (Å²) in [6, 6.07) is 26.0. The molecule has 0 radical (unpaired) electrons. The average Bonchev–Trinajstić information content (AvgIpc) is 2.96. The van der Waals surface area contributed by atoms with E-state index in [9.17, 15) is 14.9 Å². The summed E-state index contributed by atoms with van der Waals surface area (Å²) in [5.74, 6) is -1.88. The second kappa shape index (κ2) is 11.4. The van der Waals surface area contributed by atoms with Gasteiger partial charge in [0.2, 0.25) is 0 Å². The molecule has 0 aromatic heterocycles. The Hall–Kier alpha value is -5.03. The van der Waals surface area contributed by atoms with Gasteiger partial charge >= 0.3 is 11.9 Å². The molecule has 3 aromatic carbocycles. The molecule has 8 nitrogen and oxygen atoms in total. The van der Waals surface area contributed by atoms with E-state index < -0.39 is 17.9 Å². The van der Waals surface area contributed by atoms with E-state index in [2.05, 4.69) is 6.07 Å². The summed E-state index contributed by atoms with van der Waals surface area (Å²) in [5.41, 5.74) is 9.32. The SMILES string of the molecule is COC(=O)C1=C(C(=O)OC)N(c2ccc(OCc3ccccc3)cc2C)C(N)=C(C#N)C1c1ccccc1. The van der Waals surface area contributed by atoms with Gasteiger partial charge in [-0.05, 0) is 41.8 Å². The normalized spacial score (nSPS) is 15.1. The average molecular weight is 510 g/mol. The zero-order valence-electron chi connectivity index (χ0n) is 21.3. The van der Waals surface area contributed by atoms with Crippen molar-refractivity contribution in [3.8, 4) is 11.8 Å². The molecule has 0 amide bonds. The van der Waals surface area contributed by atoms with Crippen molar-refractivity contribution in [2.45, 2.75) is 19.4 Å². The van der Waals surface area contributed by atoms with Gasteiger partial charge in [-0.3, -0.25) is 4.90 Å². The van der Waals surface area contributed by atoms with E-state index in [4.69, 9.17) is 19.9 Å². The molecule has 0 aliphatic carbocycles. The summed E-state index contributed by atoms with van der Waals surface area (Å²) in [7, 11) is 2.43. The minimum Gasteiger partial charge on any atom is -0.489 e. The van der Waals surface area contributed by atoms with Gasteiger partial charge in [0.05, 0.1) is 43.0 Å². The van der Waals surface area contributed by atoms with Gasteiger partial charge in [-0.25, -0.2) is 9.59 Å². The molecule has 0 bridgehead atoms. The lowest BCUT2D eigenvalue weighted by molar-refractivity contribution is -0.139. The molecule has 38 heavy (non-hydrogen) atoms. The Bertz CT molecular complexity index is 1460. The molecule has 8 heteroatoms. The molecule has 0 saturated carbocycles. The molecule has 1 aliphatic heterocycles. The summed E-state index contributed by atoms with van der Waals surface area (Å²) < 4.78 is 16.1. The van der Waals surface area contributed by atoms with Crippen molar-refractivity contribution in [3.63, 3.8) is 0 Å². The van der Waals surface area contributed by atoms with Crippen LogP contribution in [0.2, 0.25) is 0 Å². The number of esters is 2. The zero-order valence-corrected chi connectivity index (χ0v) is 21.3. The van der Waals surface area contributed by atoms with Crippen molar-refractivity contribution in [2.75, 3.05) is 19.1 Å². The van der Waals surface area contributed by atoms with Gasteiger partial charge in [0, 0.05) is 0 Å². The minimum atomic E-state index is -0.923. The second-order valence-electron chi connectivity index (χ2n) is 8.56. The van der Waals surface area contributed by atoms with Crippen LogP contribution in [0.4, 0.5) is 5.69 Å². The molecule has 1 unspecified atom stereocenters. The van der Waals surface area contributed by atoms with Crippen LogP contribution in [0, 0.1) is 18.3 Å². The smallest absolute Gasteiger partial charge is 0.355 e. The predicted octanol–water partition coefficient (Wildman–Crippen LogP) is 4.47. The quantitative estimate of drug-likeness (QED) is 0.464. The standard InChI is InChI=1S/C30H27N3O5/c1-19-16-22(38-18-20-10-6-4-7-11-20)14-15-24(19)33-27(30(35)37-3)26(29(34)36-2)25(23(17-31)28(33)32)21-12-8-5-9-13-21/h4-16,25H,18,32H2,1-3H3. The van der Waals surface area contributed by atoms with Crippen LogP contribution in [-0.4, -0.2) is 26.2 Å². The van der Waals surface area contributed by atoms with Crippen LogP contribution >= 0.6 is 0 Å². The number of allylic oxidation sites excluding steroid dienone is 1. The van der Waals surface area contributed by atoms with E-state index >= 15 is 0 Å². The number of benzene rings is 3. The number of hydrogen-bond acceptors (Lipinski definition) is 8. The first-order valence-electron chi connectivity index (χ1n) is 11.8. The second-order valence-corrected chi connectivity index (χ2v) is 8.56. The van der Waals surface area contributed by atoms with E-state index in [1.165, 1.54) is 19.1 Å². The molecule has 2 N–H and O–H groups in total. The summed E-state index contributed by atoms with van der Waals surface area (Å²) >= 11 is 0. The molecule has 3 aromatic rings. The van der Waals surface area contributed by atoms with Crippen molar-refractivity contribution >= 4 is 17.6 Å². The molecule has 192 valence electrons. The lowest BCUT2D eigenvalue weighted by Crippen LogP contribution is -2.41. The first kappa shape index (κ1) is 26.0. The van der Waals surface area contributed by atoms with Gasteiger partial charge in [0.15, 0.2) is 0 Å². The topological polar surface area (TPSA) is 115 Å². The van der Waals surface area contributed by atoms with Crippen molar-refractivity contribution in [2.24, 2.45) is 5.73 Å². The van der Waals surface area contributed by atoms with Gasteiger partial charge in [-0.2, -0.15) is 5.26 Å². The van der Waals surface area contributed by atoms with E-state index in [-0.39, 0.29) is 22.7 Å². The van der Waals surface area contributed by atoms with E-state index in [0.29, 0.717) is 29.2 Å². The van der Waals surface area contributed by atoms with Crippen LogP contribution in [0.25, 0.3) is 0 Å². The lowest BCUT2D eigenvalue weighted by Gasteiger charge is -2.36. The van der Waals surface area contributed by atoms with Crippen LogP contribution in [0.15, 0.2) is 102 Å². The van der Waals surface area contributed by atoms with Crippen molar-refractivity contribution in [3.05, 3.63) is 118 Å². The number of nitrogens with two attached hydrogens (primary N) is 1. The summed E-state index contributed by atoms with van der Waals surface area (Å²) in [5, 5.41) is 10.2. The third kappa shape index (κ3) is 4.95. The van der Waals surface area contributed by atoms with Crippen molar-refractivity contribution < 1.29 is 23.8 Å². The Kier molecular flexibility index (Phi) is 7.78. The maximum atomic E-state index is 13.2. The Labute approximate surface area is 221 Å². The monoisotopic (exact) mass is 509 g/mol. The van der Waals surface area contributed by atoms with Crippen molar-refractivity contribution in [1.29, 1.82) is 5.26 Å². The molecule has 0 saturated heterocycles. The van der Waals surface area contributed by atoms with E-state index in [0.717, 1.165) is 5.56 Å². The van der Waals surface area contributed by atoms with Gasteiger partial charge in [0.1, 0.15) is 23.9 Å². The highest BCUT2D eigenvalue weighted by molar-refractivity contribution is 6.06. The van der Waals surface area contributed by atoms with Gasteiger partial charge in [-0.15, -0.1) is 0 Å². The number of nitriles is 1. The molecule has 0 spiro atoms. The third-order valence-electron chi connectivity index (χ3n) is 6.27. The number of carbonyl (C=O) groups excluding carboxylic acids is 2. The highest BCUT2D eigenvalue weighted by atomic mass is 16.5. The fraction of sp³-hybridized carbons (Fsp3) is 0.167. The molecule has 1 aliphatic rings. The molecule has 1 atom stereocenters. The van der Waals surface area contributed by atoms with Crippen LogP contribution in [-0.2, 0) is 25.7 Å². The van der Waals surface area contributed by atoms with E-state index in [1.807, 2.05) is 43.3 Å². The number of methoxy groups -OCH3 is 2. The molecule has 1 heterocycles. The number of rotatable bonds is 7. The molecule has 0 fully saturated rings. The molecule has 4 rings (SSSR count). The molecular weight excluding hydrogens is 482 g/mol. The lowest BCUT2D eigenvalue weighted by atomic mass is 9.80. The predicted molar refractivity (Wildman–Crippen MR) is 141 cm³/mol. The largest absolute Gasteiger partial charge is 0.489 e. The Morgan fingerprint density at radius 3 is 2.16 bits per heavy atom. The summed E-state index contributed by atoms with van der Waals surface area (Å²) in [4.78, 5) is 27.8. The highest BCUT2D eigenvalue weighted by Gasteiger charge is 2.43. The molecular formula is C30H27N3O5. The van der Waals surface area contributed by atoms with Crippen LogP contribution < -0.4 is 15.4 Å². The fourth-order valence-corrected chi connectivity index (χ4v) is 4.47. The number of hydrogen-bond donors (Lipinski definition) is 1. The summed E-state index contributed by atoms with van der Waals surface area (Å²) in [6.45, 7) is 2.20. The Morgan fingerprint density at radius 1 is 0.947 bits per heavy atom. The van der Waals surface area contributed by atoms with Crippen LogP contribution in [0.3, 0.4) is 0 Å². The number of carbonyl (C=O) groups is 2. The fourth-order valence-electron chi connectivity index (χ4n) is 4.47. The minimum absolute atomic E-state index is 0.00969. The van der Waals surface area contributed by atoms with Gasteiger partial charge in [-0.1, -0.05) is 60.7 Å². The van der Waals surface area contributed by atoms with Crippen LogP contribution in [0.5, 0.6) is 5.75 Å². The maximum absolute atomic E-state index is 13.2. The third-order valence-corrected chi connectivity index (χ3v) is 6.27.